The van der Waals surface area contributed by atoms with Crippen LogP contribution in [0.1, 0.15) is 22.3 Å². The van der Waals surface area contributed by atoms with Crippen LogP contribution < -0.4 is 63.7 Å². The summed E-state index contributed by atoms with van der Waals surface area (Å²) in [6, 6.07) is 169. The normalized spacial score (nSPS) is 9.11. The predicted molar refractivity (Wildman–Crippen MR) is 565 cm³/mol. The smallest absolute Gasteiger partial charge is 0.255 e. The van der Waals surface area contributed by atoms with Crippen LogP contribution in [-0.4, -0.2) is 37.6 Å². The van der Waals surface area contributed by atoms with Crippen molar-refractivity contribution in [3.05, 3.63) is 598 Å². The van der Waals surface area contributed by atoms with E-state index in [1.807, 2.05) is 72.8 Å². The third-order valence-electron chi connectivity index (χ3n) is 19.2. The molecule has 14 aromatic carbocycles. The van der Waals surface area contributed by atoms with E-state index in [1.54, 1.807) is 73.3 Å². The standard InChI is InChI=1S/3C25H22P2.2C10H8N2.2C10H4.6CO.3Cu.2Re/c3*1-5-13-22(14-6-1)26(23-15-7-2-8-16-23)21-27(24-17-9-3-10-18-24)25-19-11-4-12-20-25;2*1-3-7-11-9(5-1)10-6-2-4-8-12-10;2*1-3-9-5-7-10(4-2)8-6-9;6*1-2;;;;;/h3*1-20H,21H2;2*1-8H;2*5-8H;;;;;;;;;;;/q;;;;;2*-2;;;;;;;3*+1;;. The number of rotatable bonds is 20. The third kappa shape index (κ3) is 45.8. The molecule has 0 spiro atoms. The van der Waals surface area contributed by atoms with E-state index in [9.17, 15) is 0 Å². The molecule has 0 bridgehead atoms. The molecular weight excluding hydrogens is 2350 g/mol. The van der Waals surface area contributed by atoms with Gasteiger partial charge in [0.15, 0.2) is 0 Å². The van der Waals surface area contributed by atoms with Crippen LogP contribution in [0.25, 0.3) is 22.8 Å². The van der Waals surface area contributed by atoms with Crippen molar-refractivity contribution >= 4 is 111 Å². The first-order chi connectivity index (χ1) is 67.9. The van der Waals surface area contributed by atoms with Crippen LogP contribution in [0.2, 0.25) is 0 Å². The largest absolute Gasteiger partial charge is 1.00 e. The van der Waals surface area contributed by atoms with E-state index >= 15 is 0 Å². The molecule has 0 fully saturated rings. The molecule has 0 aliphatic heterocycles. The van der Waals surface area contributed by atoms with E-state index in [2.05, 4.69) is 448 Å². The zero-order valence-electron chi connectivity index (χ0n) is 76.2. The zero-order valence-corrected chi connectivity index (χ0v) is 89.8. The Kier molecular flexibility index (Phi) is 73.3. The summed E-state index contributed by atoms with van der Waals surface area (Å²) in [5.74, 6) is 12.5. The average molecular weight is 2440 g/mol. The van der Waals surface area contributed by atoms with Crippen LogP contribution in [0, 0.1) is 89.3 Å². The fourth-order valence-corrected chi connectivity index (χ4v) is 32.3. The number of aromatic nitrogens is 4. The Hall–Kier alpha value is -12.2. The van der Waals surface area contributed by atoms with Gasteiger partial charge in [-0.15, -0.1) is 70.8 Å². The molecule has 142 heavy (non-hydrogen) atoms. The van der Waals surface area contributed by atoms with Gasteiger partial charge in [0.2, 0.25) is 0 Å². The summed E-state index contributed by atoms with van der Waals surface area (Å²) < 4.78 is 45.0. The maximum atomic E-state index is 7.50. The van der Waals surface area contributed by atoms with Crippen molar-refractivity contribution in [2.24, 2.45) is 0 Å². The molecule has 0 aliphatic carbocycles. The Balaban J connectivity index is 0.000000836. The topological polar surface area (TPSA) is 171 Å². The molecule has 0 saturated heterocycles. The summed E-state index contributed by atoms with van der Waals surface area (Å²) in [6.07, 6.45) is 34.1. The second kappa shape index (κ2) is 81.4. The quantitative estimate of drug-likeness (QED) is 0.0243. The Bertz CT molecular complexity index is 5390. The number of hydrogen-bond donors (Lipinski definition) is 0. The fourth-order valence-electron chi connectivity index (χ4n) is 12.9. The summed E-state index contributed by atoms with van der Waals surface area (Å²) in [4.78, 5) is 16.7. The van der Waals surface area contributed by atoms with Gasteiger partial charge in [0.25, 0.3) is 0 Å². The van der Waals surface area contributed by atoms with E-state index < -0.39 is 47.5 Å². The van der Waals surface area contributed by atoms with Gasteiger partial charge in [-0.05, 0) is 160 Å². The van der Waals surface area contributed by atoms with E-state index in [0.29, 0.717) is 0 Å². The van der Waals surface area contributed by atoms with E-state index in [1.165, 1.54) is 81.4 Å². The predicted octanol–water partition coefficient (Wildman–Crippen LogP) is 22.8. The van der Waals surface area contributed by atoms with Crippen LogP contribution in [0.5, 0.6) is 0 Å². The molecule has 4 aromatic heterocycles. The molecule has 18 aromatic rings. The second-order valence-electron chi connectivity index (χ2n) is 27.5. The van der Waals surface area contributed by atoms with Gasteiger partial charge in [0.1, 0.15) is 0 Å². The summed E-state index contributed by atoms with van der Waals surface area (Å²) in [7, 11) is -2.45. The SMILES string of the molecule is [C-]#Cc1ccc(C#[C-])cc1.[C-]#Cc1ccc(C#[C-])cc1.[C-]#[O+].[C-]#[O+].[C-]#[O+].[C-]#[O+].[C-]#[O+].[C-]#[O+].[Cu+].[Cu+].[Cu+].[Re].[Re].c1ccc(-c2ccccn2)nc1.c1ccc(-c2ccccn2)nc1.c1ccc(P(CP(c2ccccc2)c2ccccc2)c2ccccc2)cc1.c1ccc(P(CP(c2ccccc2)c2ccccc2)c2ccccc2)cc1.c1ccc(P(CP(c2ccccc2)c2ccccc2)c2ccccc2)cc1. The van der Waals surface area contributed by atoms with E-state index in [-0.39, 0.29) is 92.1 Å². The van der Waals surface area contributed by atoms with Crippen molar-refractivity contribution < 1.29 is 120 Å². The molecule has 708 valence electrons. The van der Waals surface area contributed by atoms with Gasteiger partial charge >= 0.3 is 119 Å². The first-order valence-corrected chi connectivity index (χ1v) is 51.1. The summed E-state index contributed by atoms with van der Waals surface area (Å²) in [5, 5.41) is 17.5. The number of nitrogens with zero attached hydrogens (tertiary/aromatic N) is 4. The van der Waals surface area contributed by atoms with Gasteiger partial charge in [0, 0.05) is 83.3 Å². The van der Waals surface area contributed by atoms with Gasteiger partial charge in [-0.2, -0.15) is 0 Å². The monoisotopic (exact) mass is 2440 g/mol. The van der Waals surface area contributed by atoms with Crippen molar-refractivity contribution in [1.29, 1.82) is 0 Å². The minimum Gasteiger partial charge on any atom is -0.255 e. The molecule has 0 unspecified atom stereocenters. The molecule has 0 amide bonds. The first kappa shape index (κ1) is 128. The summed E-state index contributed by atoms with van der Waals surface area (Å²) in [6.45, 7) is 27.0. The molecule has 18 rings (SSSR count). The molecule has 0 atom stereocenters. The Morgan fingerprint density at radius 1 is 0.155 bits per heavy atom. The van der Waals surface area contributed by atoms with Crippen LogP contribution in [0.4, 0.5) is 0 Å². The first-order valence-electron chi connectivity index (χ1n) is 42.0. The van der Waals surface area contributed by atoms with Gasteiger partial charge in [-0.3, -0.25) is 43.6 Å². The number of benzene rings is 14. The second-order valence-corrected chi connectivity index (χ2v) is 42.3. The zero-order chi connectivity index (χ0) is 98.2. The number of pyridine rings is 4. The fraction of sp³-hybridized carbons (Fsp3) is 0.0248. The van der Waals surface area contributed by atoms with Crippen molar-refractivity contribution in [3.63, 3.8) is 0 Å². The summed E-state index contributed by atoms with van der Waals surface area (Å²) >= 11 is 0. The average Bonchev–Trinajstić information content (AvgIpc) is 0.819. The Morgan fingerprint density at radius 2 is 0.254 bits per heavy atom. The van der Waals surface area contributed by atoms with Gasteiger partial charge < -0.3 is 25.7 Å². The molecule has 4 heterocycles. The summed E-state index contributed by atoms with van der Waals surface area (Å²) in [5.41, 5.74) is 6.54. The molecule has 0 aliphatic rings. The van der Waals surface area contributed by atoms with Crippen LogP contribution >= 0.6 is 47.5 Å². The van der Waals surface area contributed by atoms with Gasteiger partial charge in [-0.25, -0.2) is 0 Å². The van der Waals surface area contributed by atoms with Crippen molar-refractivity contribution in [1.82, 2.24) is 19.9 Å². The van der Waals surface area contributed by atoms with E-state index in [0.717, 1.165) is 45.0 Å². The maximum Gasteiger partial charge on any atom is 1.00 e. The van der Waals surface area contributed by atoms with E-state index in [4.69, 9.17) is 53.6 Å². The molecule has 2 radical (unpaired) electrons. The maximum absolute atomic E-state index is 7.50. The molecule has 10 nitrogen and oxygen atoms in total. The molecule has 21 heteroatoms. The minimum absolute atomic E-state index is 0. The van der Waals surface area contributed by atoms with Crippen LogP contribution in [0.3, 0.4) is 0 Å². The van der Waals surface area contributed by atoms with Crippen molar-refractivity contribution in [2.75, 3.05) is 17.7 Å². The number of hydrogen-bond acceptors (Lipinski definition) is 4. The van der Waals surface area contributed by atoms with Crippen LogP contribution in [-0.2, 0) is 120 Å². The third-order valence-corrected chi connectivity index (χ3v) is 37.0. The molecular formula is C121H90Cu3N4O6P6Re2-. The molecule has 0 N–H and O–H groups in total. The van der Waals surface area contributed by atoms with Gasteiger partial charge in [-0.1, -0.05) is 388 Å². The Labute approximate surface area is 904 Å². The van der Waals surface area contributed by atoms with Crippen molar-refractivity contribution in [3.8, 4) is 46.5 Å². The molecule has 0 saturated carbocycles. The van der Waals surface area contributed by atoms with Crippen molar-refractivity contribution in [2.45, 2.75) is 0 Å². The van der Waals surface area contributed by atoms with Gasteiger partial charge in [0.05, 0.1) is 22.8 Å². The Morgan fingerprint density at radius 3 is 0.338 bits per heavy atom. The van der Waals surface area contributed by atoms with Crippen LogP contribution in [0.15, 0.2) is 510 Å². The minimum atomic E-state index is -0.409.